The SMILES string of the molecule is COc1ccc(CCN[C@H]2CS(=O)(=O)C[C@@H]2S(=O)(=O)c2cccs2)cc1. The van der Waals surface area contributed by atoms with Crippen LogP contribution in [0, 0.1) is 0 Å². The second-order valence-electron chi connectivity index (χ2n) is 6.25. The topological polar surface area (TPSA) is 89.5 Å². The normalized spacial score (nSPS) is 22.3. The van der Waals surface area contributed by atoms with Gasteiger partial charge in [0.25, 0.3) is 0 Å². The molecule has 0 amide bonds. The summed E-state index contributed by atoms with van der Waals surface area (Å²) in [4.78, 5) is 0. The number of hydrogen-bond acceptors (Lipinski definition) is 7. The zero-order chi connectivity index (χ0) is 18.8. The molecule has 142 valence electrons. The monoisotopic (exact) mass is 415 g/mol. The minimum Gasteiger partial charge on any atom is -0.497 e. The van der Waals surface area contributed by atoms with E-state index < -0.39 is 31.0 Å². The van der Waals surface area contributed by atoms with E-state index in [0.717, 1.165) is 22.6 Å². The number of hydrogen-bond donors (Lipinski definition) is 1. The summed E-state index contributed by atoms with van der Waals surface area (Å²) >= 11 is 1.12. The van der Waals surface area contributed by atoms with Crippen LogP contribution in [0.5, 0.6) is 5.75 Å². The molecule has 6 nitrogen and oxygen atoms in total. The van der Waals surface area contributed by atoms with Crippen molar-refractivity contribution in [3.8, 4) is 5.75 Å². The molecule has 2 atom stereocenters. The van der Waals surface area contributed by atoms with Gasteiger partial charge in [-0.3, -0.25) is 0 Å². The van der Waals surface area contributed by atoms with Crippen LogP contribution in [-0.4, -0.2) is 53.3 Å². The molecule has 26 heavy (non-hydrogen) atoms. The molecule has 1 aromatic heterocycles. The van der Waals surface area contributed by atoms with Crippen LogP contribution in [0.15, 0.2) is 46.0 Å². The summed E-state index contributed by atoms with van der Waals surface area (Å²) in [5.74, 6) is 0.295. The highest BCUT2D eigenvalue weighted by Crippen LogP contribution is 2.28. The number of rotatable bonds is 7. The molecule has 1 saturated heterocycles. The zero-order valence-electron chi connectivity index (χ0n) is 14.3. The molecule has 1 fully saturated rings. The number of benzene rings is 1. The van der Waals surface area contributed by atoms with Gasteiger partial charge < -0.3 is 10.1 Å². The molecule has 0 aliphatic carbocycles. The van der Waals surface area contributed by atoms with Crippen molar-refractivity contribution in [2.45, 2.75) is 21.9 Å². The maximum atomic E-state index is 12.8. The Morgan fingerprint density at radius 1 is 1.19 bits per heavy atom. The molecule has 0 saturated carbocycles. The molecule has 2 heterocycles. The molecule has 0 spiro atoms. The van der Waals surface area contributed by atoms with Crippen molar-refractivity contribution < 1.29 is 21.6 Å². The second kappa shape index (κ2) is 7.67. The van der Waals surface area contributed by atoms with Gasteiger partial charge in [0, 0.05) is 6.04 Å². The van der Waals surface area contributed by atoms with E-state index in [4.69, 9.17) is 4.74 Å². The van der Waals surface area contributed by atoms with E-state index >= 15 is 0 Å². The fourth-order valence-corrected chi connectivity index (χ4v) is 9.02. The first-order valence-corrected chi connectivity index (χ1v) is 12.4. The van der Waals surface area contributed by atoms with Gasteiger partial charge in [0.2, 0.25) is 0 Å². The van der Waals surface area contributed by atoms with Crippen molar-refractivity contribution in [3.05, 3.63) is 47.3 Å². The third kappa shape index (κ3) is 4.28. The van der Waals surface area contributed by atoms with Crippen LogP contribution in [0.25, 0.3) is 0 Å². The van der Waals surface area contributed by atoms with Crippen molar-refractivity contribution in [2.24, 2.45) is 0 Å². The van der Waals surface area contributed by atoms with Crippen LogP contribution < -0.4 is 10.1 Å². The summed E-state index contributed by atoms with van der Waals surface area (Å²) in [5.41, 5.74) is 1.07. The lowest BCUT2D eigenvalue weighted by Gasteiger charge is -2.19. The molecule has 0 radical (unpaired) electrons. The van der Waals surface area contributed by atoms with Gasteiger partial charge in [-0.05, 0) is 42.1 Å². The highest BCUT2D eigenvalue weighted by molar-refractivity contribution is 7.97. The Kier molecular flexibility index (Phi) is 5.71. The van der Waals surface area contributed by atoms with E-state index in [9.17, 15) is 16.8 Å². The van der Waals surface area contributed by atoms with Crippen LogP contribution in [0.2, 0.25) is 0 Å². The summed E-state index contributed by atoms with van der Waals surface area (Å²) in [5, 5.41) is 3.89. The predicted molar refractivity (Wildman–Crippen MR) is 102 cm³/mol. The van der Waals surface area contributed by atoms with E-state index in [2.05, 4.69) is 5.32 Å². The lowest BCUT2D eigenvalue weighted by atomic mass is 10.1. The third-order valence-electron chi connectivity index (χ3n) is 4.45. The molecule has 1 aliphatic heterocycles. The smallest absolute Gasteiger partial charge is 0.193 e. The Morgan fingerprint density at radius 2 is 1.92 bits per heavy atom. The average molecular weight is 416 g/mol. The molecular formula is C17H21NO5S3. The first-order valence-electron chi connectivity index (χ1n) is 8.16. The van der Waals surface area contributed by atoms with Gasteiger partial charge in [-0.1, -0.05) is 18.2 Å². The maximum absolute atomic E-state index is 12.8. The fourth-order valence-electron chi connectivity index (χ4n) is 3.08. The Balaban J connectivity index is 1.68. The Morgan fingerprint density at radius 3 is 2.54 bits per heavy atom. The van der Waals surface area contributed by atoms with E-state index in [1.54, 1.807) is 18.6 Å². The van der Waals surface area contributed by atoms with Gasteiger partial charge in [-0.25, -0.2) is 16.8 Å². The number of ether oxygens (including phenoxy) is 1. The molecule has 1 aliphatic rings. The Hall–Kier alpha value is -1.42. The average Bonchev–Trinajstić information content (AvgIpc) is 3.24. The Labute approximate surface area is 158 Å². The van der Waals surface area contributed by atoms with Crippen molar-refractivity contribution in [3.63, 3.8) is 0 Å². The number of methoxy groups -OCH3 is 1. The maximum Gasteiger partial charge on any atom is 0.193 e. The van der Waals surface area contributed by atoms with E-state index in [1.807, 2.05) is 24.3 Å². The van der Waals surface area contributed by atoms with Gasteiger partial charge >= 0.3 is 0 Å². The second-order valence-corrected chi connectivity index (χ2v) is 11.7. The van der Waals surface area contributed by atoms with E-state index in [-0.39, 0.29) is 15.7 Å². The summed E-state index contributed by atoms with van der Waals surface area (Å²) in [6.45, 7) is 0.503. The summed E-state index contributed by atoms with van der Waals surface area (Å²) < 4.78 is 55.0. The number of nitrogens with one attached hydrogen (secondary N) is 1. The van der Waals surface area contributed by atoms with E-state index in [0.29, 0.717) is 13.0 Å². The minimum absolute atomic E-state index is 0.148. The lowest BCUT2D eigenvalue weighted by molar-refractivity contribution is 0.414. The first kappa shape index (κ1) is 19.3. The van der Waals surface area contributed by atoms with Crippen LogP contribution in [-0.2, 0) is 26.1 Å². The summed E-state index contributed by atoms with van der Waals surface area (Å²) in [7, 11) is -5.43. The Bertz CT molecular complexity index is 935. The van der Waals surface area contributed by atoms with Crippen LogP contribution in [0.1, 0.15) is 5.56 Å². The van der Waals surface area contributed by atoms with Crippen LogP contribution >= 0.6 is 11.3 Å². The van der Waals surface area contributed by atoms with Crippen molar-refractivity contribution in [1.29, 1.82) is 0 Å². The molecule has 9 heteroatoms. The van der Waals surface area contributed by atoms with Crippen LogP contribution in [0.3, 0.4) is 0 Å². The van der Waals surface area contributed by atoms with Gasteiger partial charge in [0.15, 0.2) is 19.7 Å². The van der Waals surface area contributed by atoms with Crippen LogP contribution in [0.4, 0.5) is 0 Å². The summed E-state index contributed by atoms with van der Waals surface area (Å²) in [6, 6.07) is 10.2. The molecular weight excluding hydrogens is 394 g/mol. The quantitative estimate of drug-likeness (QED) is 0.738. The largest absolute Gasteiger partial charge is 0.497 e. The summed E-state index contributed by atoms with van der Waals surface area (Å²) in [6.07, 6.45) is 0.673. The van der Waals surface area contributed by atoms with Gasteiger partial charge in [0.05, 0.1) is 23.9 Å². The highest BCUT2D eigenvalue weighted by Gasteiger charge is 2.45. The highest BCUT2D eigenvalue weighted by atomic mass is 32.2. The molecule has 2 aromatic rings. The number of thiophene rings is 1. The first-order chi connectivity index (χ1) is 12.3. The van der Waals surface area contributed by atoms with Crippen molar-refractivity contribution in [1.82, 2.24) is 5.32 Å². The minimum atomic E-state index is -3.66. The fraction of sp³-hybridized carbons (Fsp3) is 0.412. The predicted octanol–water partition coefficient (Wildman–Crippen LogP) is 1.53. The van der Waals surface area contributed by atoms with Gasteiger partial charge in [-0.2, -0.15) is 0 Å². The van der Waals surface area contributed by atoms with Crippen molar-refractivity contribution >= 4 is 31.0 Å². The molecule has 0 bridgehead atoms. The number of sulfone groups is 2. The standard InChI is InChI=1S/C17H21NO5S3/c1-23-14-6-4-13(5-7-14)8-9-18-15-11-25(19,20)12-16(15)26(21,22)17-3-2-10-24-17/h2-7,10,15-16,18H,8-9,11-12H2,1H3/t15-,16-/m0/s1. The molecule has 0 unspecified atom stereocenters. The van der Waals surface area contributed by atoms with Gasteiger partial charge in [0.1, 0.15) is 9.96 Å². The molecule has 1 N–H and O–H groups in total. The van der Waals surface area contributed by atoms with E-state index in [1.165, 1.54) is 6.07 Å². The lowest BCUT2D eigenvalue weighted by Crippen LogP contribution is -2.43. The van der Waals surface area contributed by atoms with Gasteiger partial charge in [-0.15, -0.1) is 11.3 Å². The molecule has 1 aromatic carbocycles. The third-order valence-corrected chi connectivity index (χ3v) is 10.0. The zero-order valence-corrected chi connectivity index (χ0v) is 16.7. The van der Waals surface area contributed by atoms with Crippen molar-refractivity contribution in [2.75, 3.05) is 25.2 Å². The molecule has 3 rings (SSSR count).